The first-order valence-corrected chi connectivity index (χ1v) is 9.63. The Kier molecular flexibility index (Phi) is 5.85. The Morgan fingerprint density at radius 3 is 2.26 bits per heavy atom. The van der Waals surface area contributed by atoms with Gasteiger partial charge in [-0.15, -0.1) is 0 Å². The molecule has 0 heterocycles. The monoisotopic (exact) mass is 425 g/mol. The molecule has 0 saturated carbocycles. The molecule has 0 aliphatic rings. The van der Waals surface area contributed by atoms with E-state index in [1.807, 2.05) is 0 Å². The zero-order valence-electron chi connectivity index (χ0n) is 17.3. The number of phenolic OH excluding ortho intramolecular Hbond substituents is 2. The standard InChI is InChI=1S/C23H23NO7/c1-10-18(17(28)9-15(11(2)25)24-12(3)26)23(31)19-16(27)8-13-6-4-5-7-14(13)22(30)20(19)21(10)29/h4-8,15,17,28-31H,9H2,1-3H3,(H,24,26). The predicted molar refractivity (Wildman–Crippen MR) is 115 cm³/mol. The van der Waals surface area contributed by atoms with E-state index in [-0.39, 0.29) is 34.1 Å². The Labute approximate surface area is 177 Å². The molecular formula is C23H23NO7. The second-order valence-electron chi connectivity index (χ2n) is 7.55. The molecule has 0 aromatic heterocycles. The second kappa shape index (κ2) is 8.23. The Hall–Kier alpha value is -3.65. The average Bonchev–Trinajstić information content (AvgIpc) is 2.80. The Bertz CT molecular complexity index is 1280. The van der Waals surface area contributed by atoms with E-state index in [4.69, 9.17) is 0 Å². The summed E-state index contributed by atoms with van der Waals surface area (Å²) in [5.41, 5.74) is -0.793. The topological polar surface area (TPSA) is 144 Å². The summed E-state index contributed by atoms with van der Waals surface area (Å²) in [7, 11) is 0. The van der Waals surface area contributed by atoms with Crippen molar-refractivity contribution in [3.05, 3.63) is 51.7 Å². The van der Waals surface area contributed by atoms with Gasteiger partial charge in [-0.25, -0.2) is 0 Å². The molecular weight excluding hydrogens is 402 g/mol. The fourth-order valence-electron chi connectivity index (χ4n) is 3.84. The van der Waals surface area contributed by atoms with E-state index >= 15 is 0 Å². The van der Waals surface area contributed by atoms with Crippen LogP contribution in [0.1, 0.15) is 37.5 Å². The number of nitrogens with one attached hydrogen (secondary N) is 1. The third-order valence-corrected chi connectivity index (χ3v) is 5.38. The molecule has 2 atom stereocenters. The lowest BCUT2D eigenvalue weighted by molar-refractivity contribution is -0.126. The number of aliphatic hydroxyl groups is 1. The lowest BCUT2D eigenvalue weighted by Gasteiger charge is -2.22. The highest BCUT2D eigenvalue weighted by Crippen LogP contribution is 2.46. The van der Waals surface area contributed by atoms with Crippen LogP contribution < -0.4 is 10.7 Å². The number of aliphatic hydroxyl groups excluding tert-OH is 1. The molecule has 8 nitrogen and oxygen atoms in total. The molecule has 0 fully saturated rings. The molecule has 3 aromatic carbocycles. The molecule has 3 rings (SSSR count). The first-order valence-electron chi connectivity index (χ1n) is 9.63. The smallest absolute Gasteiger partial charge is 0.217 e. The maximum atomic E-state index is 12.9. The molecule has 3 aromatic rings. The van der Waals surface area contributed by atoms with E-state index in [2.05, 4.69) is 5.32 Å². The van der Waals surface area contributed by atoms with Gasteiger partial charge in [0.1, 0.15) is 17.2 Å². The lowest BCUT2D eigenvalue weighted by Crippen LogP contribution is -2.39. The molecule has 1 amide bonds. The first kappa shape index (κ1) is 22.0. The van der Waals surface area contributed by atoms with Crippen molar-refractivity contribution < 1.29 is 30.0 Å². The van der Waals surface area contributed by atoms with Crippen LogP contribution in [0.3, 0.4) is 0 Å². The maximum absolute atomic E-state index is 12.9. The highest BCUT2D eigenvalue weighted by atomic mass is 16.3. The van der Waals surface area contributed by atoms with Crippen LogP contribution in [0, 0.1) is 6.92 Å². The predicted octanol–water partition coefficient (Wildman–Crippen LogP) is 2.30. The Morgan fingerprint density at radius 2 is 1.65 bits per heavy atom. The summed E-state index contributed by atoms with van der Waals surface area (Å²) in [6.45, 7) is 3.88. The van der Waals surface area contributed by atoms with E-state index in [9.17, 15) is 34.8 Å². The second-order valence-corrected chi connectivity index (χ2v) is 7.55. The summed E-state index contributed by atoms with van der Waals surface area (Å²) in [6.07, 6.45) is -1.77. The minimum Gasteiger partial charge on any atom is -0.507 e. The average molecular weight is 425 g/mol. The molecule has 162 valence electrons. The number of aromatic hydroxyl groups is 3. The van der Waals surface area contributed by atoms with Gasteiger partial charge in [0.05, 0.1) is 22.9 Å². The van der Waals surface area contributed by atoms with Crippen molar-refractivity contribution in [2.75, 3.05) is 0 Å². The molecule has 0 bridgehead atoms. The quantitative estimate of drug-likeness (QED) is 0.395. The van der Waals surface area contributed by atoms with Crippen molar-refractivity contribution >= 4 is 33.2 Å². The van der Waals surface area contributed by atoms with Crippen LogP contribution in [-0.2, 0) is 9.59 Å². The van der Waals surface area contributed by atoms with E-state index in [1.165, 1.54) is 26.8 Å². The van der Waals surface area contributed by atoms with Crippen molar-refractivity contribution in [3.8, 4) is 17.2 Å². The highest BCUT2D eigenvalue weighted by molar-refractivity contribution is 6.06. The van der Waals surface area contributed by atoms with Crippen LogP contribution in [0.25, 0.3) is 21.5 Å². The number of rotatable bonds is 5. The van der Waals surface area contributed by atoms with Gasteiger partial charge in [0.25, 0.3) is 0 Å². The van der Waals surface area contributed by atoms with Crippen molar-refractivity contribution in [3.63, 3.8) is 0 Å². The fraction of sp³-hybridized carbons (Fsp3) is 0.261. The van der Waals surface area contributed by atoms with Crippen LogP contribution in [0.4, 0.5) is 0 Å². The van der Waals surface area contributed by atoms with Gasteiger partial charge in [-0.3, -0.25) is 14.4 Å². The van der Waals surface area contributed by atoms with E-state index in [0.29, 0.717) is 10.8 Å². The summed E-state index contributed by atoms with van der Waals surface area (Å²) < 4.78 is 0. The normalized spacial score (nSPS) is 13.2. The summed E-state index contributed by atoms with van der Waals surface area (Å²) in [6, 6.07) is 6.70. The van der Waals surface area contributed by atoms with Gasteiger partial charge in [-0.2, -0.15) is 0 Å². The molecule has 0 aliphatic carbocycles. The summed E-state index contributed by atoms with van der Waals surface area (Å²) >= 11 is 0. The number of fused-ring (bicyclic) bond motifs is 2. The van der Waals surface area contributed by atoms with E-state index in [1.54, 1.807) is 24.3 Å². The highest BCUT2D eigenvalue weighted by Gasteiger charge is 2.28. The number of benzene rings is 2. The van der Waals surface area contributed by atoms with E-state index < -0.39 is 40.8 Å². The molecule has 0 radical (unpaired) electrons. The third kappa shape index (κ3) is 3.89. The van der Waals surface area contributed by atoms with Crippen molar-refractivity contribution in [1.82, 2.24) is 5.32 Å². The minimum atomic E-state index is -1.49. The zero-order chi connectivity index (χ0) is 23.0. The van der Waals surface area contributed by atoms with Gasteiger partial charge < -0.3 is 25.7 Å². The van der Waals surface area contributed by atoms with Crippen LogP contribution in [0.5, 0.6) is 17.2 Å². The number of Topliss-reactive ketones (excluding diaryl/α,β-unsaturated/α-hetero) is 1. The number of hydrogen-bond donors (Lipinski definition) is 5. The van der Waals surface area contributed by atoms with Crippen LogP contribution >= 0.6 is 0 Å². The fourth-order valence-corrected chi connectivity index (χ4v) is 3.84. The summed E-state index contributed by atoms with van der Waals surface area (Å²) in [4.78, 5) is 36.1. The molecule has 2 unspecified atom stereocenters. The SMILES string of the molecule is CC(=O)NC(CC(O)c1c(C)c(O)c2c(O)c3ccccc3cc(=O)c2c1O)C(C)=O. The number of hydrogen-bond acceptors (Lipinski definition) is 7. The van der Waals surface area contributed by atoms with E-state index in [0.717, 1.165) is 0 Å². The minimum absolute atomic E-state index is 0.0348. The van der Waals surface area contributed by atoms with Gasteiger partial charge in [0, 0.05) is 29.9 Å². The largest absolute Gasteiger partial charge is 0.507 e. The van der Waals surface area contributed by atoms with Gasteiger partial charge in [-0.05, 0) is 25.3 Å². The van der Waals surface area contributed by atoms with Crippen LogP contribution in [-0.4, -0.2) is 38.2 Å². The third-order valence-electron chi connectivity index (χ3n) is 5.38. The van der Waals surface area contributed by atoms with Crippen molar-refractivity contribution in [1.29, 1.82) is 0 Å². The Morgan fingerprint density at radius 1 is 1.00 bits per heavy atom. The van der Waals surface area contributed by atoms with Crippen LogP contribution in [0.15, 0.2) is 35.1 Å². The number of carbonyl (C=O) groups is 2. The van der Waals surface area contributed by atoms with Gasteiger partial charge in [0.15, 0.2) is 11.2 Å². The molecule has 5 N–H and O–H groups in total. The van der Waals surface area contributed by atoms with Crippen molar-refractivity contribution in [2.24, 2.45) is 0 Å². The molecule has 0 saturated heterocycles. The number of carbonyl (C=O) groups excluding carboxylic acids is 2. The van der Waals surface area contributed by atoms with Gasteiger partial charge >= 0.3 is 0 Å². The maximum Gasteiger partial charge on any atom is 0.217 e. The van der Waals surface area contributed by atoms with Crippen LogP contribution in [0.2, 0.25) is 0 Å². The molecule has 31 heavy (non-hydrogen) atoms. The molecule has 8 heteroatoms. The summed E-state index contributed by atoms with van der Waals surface area (Å²) in [5, 5.41) is 45.9. The number of ketones is 1. The lowest BCUT2D eigenvalue weighted by atomic mass is 9.92. The Balaban J connectivity index is 2.31. The zero-order valence-corrected chi connectivity index (χ0v) is 17.3. The number of amides is 1. The van der Waals surface area contributed by atoms with Gasteiger partial charge in [0.2, 0.25) is 5.91 Å². The van der Waals surface area contributed by atoms with Gasteiger partial charge in [-0.1, -0.05) is 24.3 Å². The van der Waals surface area contributed by atoms with Crippen molar-refractivity contribution in [2.45, 2.75) is 39.3 Å². The molecule has 0 spiro atoms. The first-order chi connectivity index (χ1) is 14.5. The number of phenols is 2. The molecule has 0 aliphatic heterocycles. The summed E-state index contributed by atoms with van der Waals surface area (Å²) in [5.74, 6) is -2.35.